The monoisotopic (exact) mass is 255 g/mol. The fourth-order valence-electron chi connectivity index (χ4n) is 1.26. The molecule has 0 saturated carbocycles. The van der Waals surface area contributed by atoms with Gasteiger partial charge in [-0.05, 0) is 18.2 Å². The van der Waals surface area contributed by atoms with Gasteiger partial charge in [-0.15, -0.1) is 0 Å². The van der Waals surface area contributed by atoms with Gasteiger partial charge in [0, 0.05) is 36.3 Å². The summed E-state index contributed by atoms with van der Waals surface area (Å²) in [6, 6.07) is 4.64. The van der Waals surface area contributed by atoms with Gasteiger partial charge in [-0.2, -0.15) is 0 Å². The summed E-state index contributed by atoms with van der Waals surface area (Å²) in [6.07, 6.45) is 0. The summed E-state index contributed by atoms with van der Waals surface area (Å²) >= 11 is 5.78. The number of carbonyl (C=O) groups is 2. The Morgan fingerprint density at radius 1 is 1.24 bits per heavy atom. The minimum Gasteiger partial charge on any atom is -0.399 e. The second kappa shape index (κ2) is 6.10. The van der Waals surface area contributed by atoms with Crippen LogP contribution in [0, 0.1) is 0 Å². The van der Waals surface area contributed by atoms with Crippen LogP contribution < -0.4 is 16.4 Å². The number of nitrogens with two attached hydrogens (primary N) is 1. The first kappa shape index (κ1) is 13.3. The molecule has 17 heavy (non-hydrogen) atoms. The Morgan fingerprint density at radius 3 is 2.47 bits per heavy atom. The SMILES string of the molecule is CC(=O)NCCNC(=O)c1cc(N)cc(Cl)c1. The highest BCUT2D eigenvalue weighted by Crippen LogP contribution is 2.16. The zero-order valence-corrected chi connectivity index (χ0v) is 10.2. The Hall–Kier alpha value is -1.75. The summed E-state index contributed by atoms with van der Waals surface area (Å²) in [4.78, 5) is 22.2. The molecule has 0 aliphatic rings. The highest BCUT2D eigenvalue weighted by atomic mass is 35.5. The third kappa shape index (κ3) is 4.74. The predicted octanol–water partition coefficient (Wildman–Crippen LogP) is 0.788. The normalized spacial score (nSPS) is 9.76. The van der Waals surface area contributed by atoms with E-state index in [1.807, 2.05) is 0 Å². The summed E-state index contributed by atoms with van der Waals surface area (Å²) in [5.74, 6) is -0.407. The topological polar surface area (TPSA) is 84.2 Å². The molecule has 1 aromatic carbocycles. The van der Waals surface area contributed by atoms with E-state index in [1.54, 1.807) is 12.1 Å². The van der Waals surface area contributed by atoms with Crippen molar-refractivity contribution in [1.82, 2.24) is 10.6 Å². The van der Waals surface area contributed by atoms with Crippen LogP contribution >= 0.6 is 11.6 Å². The lowest BCUT2D eigenvalue weighted by molar-refractivity contribution is -0.118. The number of halogens is 1. The summed E-state index contributed by atoms with van der Waals surface area (Å²) in [5.41, 5.74) is 6.41. The minimum absolute atomic E-state index is 0.133. The molecule has 0 unspecified atom stereocenters. The van der Waals surface area contributed by atoms with Crippen LogP contribution in [0.1, 0.15) is 17.3 Å². The van der Waals surface area contributed by atoms with Crippen molar-refractivity contribution in [3.63, 3.8) is 0 Å². The molecule has 0 fully saturated rings. The van der Waals surface area contributed by atoms with E-state index in [1.165, 1.54) is 13.0 Å². The minimum atomic E-state index is -0.274. The Balaban J connectivity index is 2.49. The summed E-state index contributed by atoms with van der Waals surface area (Å²) in [5, 5.41) is 5.63. The van der Waals surface area contributed by atoms with Crippen LogP contribution in [-0.2, 0) is 4.79 Å². The van der Waals surface area contributed by atoms with Crippen LogP contribution in [0.2, 0.25) is 5.02 Å². The van der Waals surface area contributed by atoms with Crippen molar-refractivity contribution in [3.05, 3.63) is 28.8 Å². The van der Waals surface area contributed by atoms with E-state index in [9.17, 15) is 9.59 Å². The zero-order chi connectivity index (χ0) is 12.8. The van der Waals surface area contributed by atoms with Crippen molar-refractivity contribution in [2.75, 3.05) is 18.8 Å². The predicted molar refractivity (Wildman–Crippen MR) is 66.9 cm³/mol. The lowest BCUT2D eigenvalue weighted by Crippen LogP contribution is -2.33. The lowest BCUT2D eigenvalue weighted by Gasteiger charge is -2.06. The second-order valence-electron chi connectivity index (χ2n) is 3.51. The third-order valence-electron chi connectivity index (χ3n) is 1.97. The van der Waals surface area contributed by atoms with Crippen LogP contribution in [0.15, 0.2) is 18.2 Å². The largest absolute Gasteiger partial charge is 0.399 e. The number of carbonyl (C=O) groups excluding carboxylic acids is 2. The van der Waals surface area contributed by atoms with Crippen molar-refractivity contribution >= 4 is 29.1 Å². The van der Waals surface area contributed by atoms with Gasteiger partial charge >= 0.3 is 0 Å². The van der Waals surface area contributed by atoms with Crippen LogP contribution in [0.4, 0.5) is 5.69 Å². The van der Waals surface area contributed by atoms with E-state index in [0.717, 1.165) is 0 Å². The molecule has 0 aliphatic heterocycles. The van der Waals surface area contributed by atoms with E-state index >= 15 is 0 Å². The molecule has 0 saturated heterocycles. The van der Waals surface area contributed by atoms with Gasteiger partial charge in [0.25, 0.3) is 5.91 Å². The maximum Gasteiger partial charge on any atom is 0.251 e. The van der Waals surface area contributed by atoms with Crippen LogP contribution in [0.25, 0.3) is 0 Å². The number of hydrogen-bond acceptors (Lipinski definition) is 3. The van der Waals surface area contributed by atoms with Crippen LogP contribution in [-0.4, -0.2) is 24.9 Å². The number of hydrogen-bond donors (Lipinski definition) is 3. The smallest absolute Gasteiger partial charge is 0.251 e. The average molecular weight is 256 g/mol. The third-order valence-corrected chi connectivity index (χ3v) is 2.19. The molecular weight excluding hydrogens is 242 g/mol. The van der Waals surface area contributed by atoms with Crippen molar-refractivity contribution < 1.29 is 9.59 Å². The lowest BCUT2D eigenvalue weighted by atomic mass is 10.2. The van der Waals surface area contributed by atoms with Gasteiger partial charge in [0.05, 0.1) is 0 Å². The molecule has 0 radical (unpaired) electrons. The van der Waals surface area contributed by atoms with Crippen molar-refractivity contribution in [1.29, 1.82) is 0 Å². The second-order valence-corrected chi connectivity index (χ2v) is 3.95. The van der Waals surface area contributed by atoms with Gasteiger partial charge in [0.2, 0.25) is 5.91 Å². The maximum absolute atomic E-state index is 11.7. The number of nitrogens with one attached hydrogen (secondary N) is 2. The molecule has 92 valence electrons. The molecule has 0 atom stereocenters. The Labute approximate surface area is 104 Å². The van der Waals surface area contributed by atoms with E-state index < -0.39 is 0 Å². The summed E-state index contributed by atoms with van der Waals surface area (Å²) < 4.78 is 0. The molecule has 0 spiro atoms. The first-order chi connectivity index (χ1) is 7.99. The van der Waals surface area contributed by atoms with Gasteiger partial charge in [-0.3, -0.25) is 9.59 Å². The first-order valence-corrected chi connectivity index (χ1v) is 5.45. The number of anilines is 1. The van der Waals surface area contributed by atoms with Gasteiger partial charge in [-0.1, -0.05) is 11.6 Å². The molecule has 0 aliphatic carbocycles. The van der Waals surface area contributed by atoms with Gasteiger partial charge in [0.1, 0.15) is 0 Å². The van der Waals surface area contributed by atoms with Crippen LogP contribution in [0.5, 0.6) is 0 Å². The van der Waals surface area contributed by atoms with E-state index in [2.05, 4.69) is 10.6 Å². The zero-order valence-electron chi connectivity index (χ0n) is 9.42. The Bertz CT molecular complexity index is 414. The van der Waals surface area contributed by atoms with Crippen LogP contribution in [0.3, 0.4) is 0 Å². The number of amides is 2. The molecule has 4 N–H and O–H groups in total. The number of rotatable bonds is 4. The summed E-state index contributed by atoms with van der Waals surface area (Å²) in [7, 11) is 0. The molecule has 0 aromatic heterocycles. The quantitative estimate of drug-likeness (QED) is 0.549. The molecule has 2 amide bonds. The van der Waals surface area contributed by atoms with E-state index in [0.29, 0.717) is 29.4 Å². The highest BCUT2D eigenvalue weighted by Gasteiger charge is 2.06. The Kier molecular flexibility index (Phi) is 4.78. The van der Waals surface area contributed by atoms with Gasteiger partial charge < -0.3 is 16.4 Å². The molecule has 5 nitrogen and oxygen atoms in total. The molecule has 0 heterocycles. The van der Waals surface area contributed by atoms with E-state index in [4.69, 9.17) is 17.3 Å². The van der Waals surface area contributed by atoms with Gasteiger partial charge in [0.15, 0.2) is 0 Å². The molecule has 1 rings (SSSR count). The van der Waals surface area contributed by atoms with Crippen molar-refractivity contribution in [2.45, 2.75) is 6.92 Å². The first-order valence-electron chi connectivity index (χ1n) is 5.08. The van der Waals surface area contributed by atoms with E-state index in [-0.39, 0.29) is 11.8 Å². The highest BCUT2D eigenvalue weighted by molar-refractivity contribution is 6.31. The molecule has 6 heteroatoms. The fourth-order valence-corrected chi connectivity index (χ4v) is 1.50. The summed E-state index contributed by atoms with van der Waals surface area (Å²) in [6.45, 7) is 2.15. The van der Waals surface area contributed by atoms with Crippen molar-refractivity contribution in [3.8, 4) is 0 Å². The molecular formula is C11H14ClN3O2. The van der Waals surface area contributed by atoms with Gasteiger partial charge in [-0.25, -0.2) is 0 Å². The van der Waals surface area contributed by atoms with Crippen molar-refractivity contribution in [2.24, 2.45) is 0 Å². The standard InChI is InChI=1S/C11H14ClN3O2/c1-7(16)14-2-3-15-11(17)8-4-9(12)6-10(13)5-8/h4-6H,2-3,13H2,1H3,(H,14,16)(H,15,17). The fraction of sp³-hybridized carbons (Fsp3) is 0.273. The number of nitrogen functional groups attached to an aromatic ring is 1. The number of benzene rings is 1. The molecule has 1 aromatic rings. The Morgan fingerprint density at radius 2 is 1.88 bits per heavy atom. The average Bonchev–Trinajstić information content (AvgIpc) is 2.22. The molecule has 0 bridgehead atoms. The maximum atomic E-state index is 11.7.